The minimum Gasteiger partial charge on any atom is -0.377 e. The molecule has 1 rings (SSSR count). The highest BCUT2D eigenvalue weighted by molar-refractivity contribution is 6.65. The SMILES string of the molecule is CC(C)CN1BNBN(CC(C)C)B1. The Morgan fingerprint density at radius 1 is 0.929 bits per heavy atom. The Kier molecular flexibility index (Phi) is 5.06. The maximum absolute atomic E-state index is 3.45. The minimum atomic E-state index is 0.760. The first-order chi connectivity index (χ1) is 6.58. The molecule has 0 aromatic rings. The predicted molar refractivity (Wildman–Crippen MR) is 67.7 cm³/mol. The fourth-order valence-corrected chi connectivity index (χ4v) is 2.03. The molecular weight excluding hydrogens is 171 g/mol. The van der Waals surface area contributed by atoms with Gasteiger partial charge in [-0.3, -0.25) is 0 Å². The first-order valence-corrected chi connectivity index (χ1v) is 5.73. The molecule has 1 N–H and O–H groups in total. The summed E-state index contributed by atoms with van der Waals surface area (Å²) in [6.07, 6.45) is 0. The van der Waals surface area contributed by atoms with E-state index in [1.807, 2.05) is 0 Å². The molecule has 0 aliphatic carbocycles. The quantitative estimate of drug-likeness (QED) is 0.595. The zero-order valence-corrected chi connectivity index (χ0v) is 10.1. The third-order valence-electron chi connectivity index (χ3n) is 2.32. The second-order valence-corrected chi connectivity index (χ2v) is 5.20. The Hall–Kier alpha value is 0.0748. The van der Waals surface area contributed by atoms with Crippen LogP contribution in [0.15, 0.2) is 0 Å². The standard InChI is InChI=1S/C8H22B3N3/c1-7(2)5-13-9-12-10-14(11-13)6-8(3)4/h7-12H,5-6H2,1-4H3. The van der Waals surface area contributed by atoms with E-state index in [1.54, 1.807) is 0 Å². The van der Waals surface area contributed by atoms with Gasteiger partial charge < -0.3 is 14.6 Å². The molecule has 1 aliphatic rings. The molecule has 0 aromatic heterocycles. The number of nitrogens with one attached hydrogen (secondary N) is 1. The van der Waals surface area contributed by atoms with Crippen molar-refractivity contribution in [3.8, 4) is 0 Å². The largest absolute Gasteiger partial charge is 0.377 e. The van der Waals surface area contributed by atoms with Crippen molar-refractivity contribution in [3.63, 3.8) is 0 Å². The maximum atomic E-state index is 3.45. The first kappa shape index (κ1) is 12.1. The second kappa shape index (κ2) is 5.84. The molecular formula is C8H22B3N3. The van der Waals surface area contributed by atoms with Crippen LogP contribution in [0, 0.1) is 11.8 Å². The van der Waals surface area contributed by atoms with E-state index < -0.39 is 0 Å². The average Bonchev–Trinajstić information content (AvgIpc) is 2.01. The van der Waals surface area contributed by atoms with Crippen LogP contribution in [-0.2, 0) is 0 Å². The molecule has 1 saturated heterocycles. The van der Waals surface area contributed by atoms with Gasteiger partial charge >= 0.3 is 0 Å². The lowest BCUT2D eigenvalue weighted by atomic mass is 9.76. The van der Waals surface area contributed by atoms with Crippen molar-refractivity contribution in [2.75, 3.05) is 13.1 Å². The Morgan fingerprint density at radius 3 is 1.71 bits per heavy atom. The molecule has 6 heteroatoms. The maximum Gasteiger partial charge on any atom is 0.270 e. The van der Waals surface area contributed by atoms with Crippen LogP contribution in [0.4, 0.5) is 0 Å². The number of hydrogen-bond donors (Lipinski definition) is 1. The summed E-state index contributed by atoms with van der Waals surface area (Å²) in [5.41, 5.74) is 0. The van der Waals surface area contributed by atoms with E-state index in [4.69, 9.17) is 0 Å². The van der Waals surface area contributed by atoms with E-state index in [0.29, 0.717) is 0 Å². The van der Waals surface area contributed by atoms with Gasteiger partial charge in [-0.1, -0.05) is 27.7 Å². The highest BCUT2D eigenvalue weighted by Crippen LogP contribution is 2.02. The lowest BCUT2D eigenvalue weighted by Crippen LogP contribution is -2.60. The van der Waals surface area contributed by atoms with E-state index >= 15 is 0 Å². The summed E-state index contributed by atoms with van der Waals surface area (Å²) < 4.78 is 4.97. The zero-order chi connectivity index (χ0) is 10.6. The van der Waals surface area contributed by atoms with Gasteiger partial charge in [0, 0.05) is 0 Å². The zero-order valence-electron chi connectivity index (χ0n) is 10.1. The summed E-state index contributed by atoms with van der Waals surface area (Å²) in [6, 6.07) is 0. The molecule has 0 unspecified atom stereocenters. The van der Waals surface area contributed by atoms with Gasteiger partial charge in [-0.25, -0.2) is 0 Å². The Balaban J connectivity index is 2.28. The number of rotatable bonds is 4. The van der Waals surface area contributed by atoms with Gasteiger partial charge in [-0.15, -0.1) is 0 Å². The van der Waals surface area contributed by atoms with Crippen LogP contribution in [-0.4, -0.2) is 45.2 Å². The Bertz CT molecular complexity index is 150. The van der Waals surface area contributed by atoms with Crippen molar-refractivity contribution < 1.29 is 0 Å². The summed E-state index contributed by atoms with van der Waals surface area (Å²) in [7, 11) is 3.23. The monoisotopic (exact) mass is 193 g/mol. The first-order valence-electron chi connectivity index (χ1n) is 5.73. The molecule has 1 aliphatic heterocycles. The fraction of sp³-hybridized carbons (Fsp3) is 1.00. The molecule has 1 fully saturated rings. The van der Waals surface area contributed by atoms with Gasteiger partial charge in [0.2, 0.25) is 0 Å². The van der Waals surface area contributed by atoms with E-state index in [-0.39, 0.29) is 0 Å². The average molecular weight is 193 g/mol. The summed E-state index contributed by atoms with van der Waals surface area (Å²) in [5.74, 6) is 1.52. The fourth-order valence-electron chi connectivity index (χ4n) is 2.03. The van der Waals surface area contributed by atoms with Crippen molar-refractivity contribution >= 4 is 22.6 Å². The van der Waals surface area contributed by atoms with Crippen molar-refractivity contribution in [1.29, 1.82) is 0 Å². The van der Waals surface area contributed by atoms with E-state index in [0.717, 1.165) is 34.5 Å². The van der Waals surface area contributed by atoms with Crippen molar-refractivity contribution in [3.05, 3.63) is 0 Å². The van der Waals surface area contributed by atoms with Crippen LogP contribution >= 0.6 is 0 Å². The molecule has 0 amide bonds. The van der Waals surface area contributed by atoms with Crippen LogP contribution in [0.5, 0.6) is 0 Å². The molecule has 14 heavy (non-hydrogen) atoms. The van der Waals surface area contributed by atoms with Crippen LogP contribution in [0.3, 0.4) is 0 Å². The Morgan fingerprint density at radius 2 is 1.36 bits per heavy atom. The molecule has 78 valence electrons. The van der Waals surface area contributed by atoms with Gasteiger partial charge in [0.15, 0.2) is 0 Å². The molecule has 0 radical (unpaired) electrons. The normalized spacial score (nSPS) is 19.3. The lowest BCUT2D eigenvalue weighted by Gasteiger charge is -2.35. The van der Waals surface area contributed by atoms with Crippen molar-refractivity contribution in [2.45, 2.75) is 27.7 Å². The summed E-state index contributed by atoms with van der Waals surface area (Å²) in [6.45, 7) is 11.5. The van der Waals surface area contributed by atoms with Gasteiger partial charge in [0.25, 0.3) is 22.6 Å². The lowest BCUT2D eigenvalue weighted by molar-refractivity contribution is 0.454. The molecule has 3 nitrogen and oxygen atoms in total. The highest BCUT2D eigenvalue weighted by atomic mass is 15.2. The van der Waals surface area contributed by atoms with E-state index in [9.17, 15) is 0 Å². The third kappa shape index (κ3) is 4.53. The van der Waals surface area contributed by atoms with Crippen LogP contribution in [0.25, 0.3) is 0 Å². The third-order valence-corrected chi connectivity index (χ3v) is 2.32. The van der Waals surface area contributed by atoms with Gasteiger partial charge in [0.05, 0.1) is 0 Å². The van der Waals surface area contributed by atoms with Crippen LogP contribution in [0.2, 0.25) is 0 Å². The van der Waals surface area contributed by atoms with Crippen LogP contribution < -0.4 is 5.14 Å². The summed E-state index contributed by atoms with van der Waals surface area (Å²) >= 11 is 0. The highest BCUT2D eigenvalue weighted by Gasteiger charge is 2.21. The Labute approximate surface area is 90.5 Å². The van der Waals surface area contributed by atoms with Gasteiger partial charge in [0.1, 0.15) is 0 Å². The van der Waals surface area contributed by atoms with E-state index in [1.165, 1.54) is 13.1 Å². The van der Waals surface area contributed by atoms with Crippen molar-refractivity contribution in [2.24, 2.45) is 11.8 Å². The molecule has 0 saturated carbocycles. The van der Waals surface area contributed by atoms with Crippen molar-refractivity contribution in [1.82, 2.24) is 14.6 Å². The molecule has 0 aromatic carbocycles. The van der Waals surface area contributed by atoms with Gasteiger partial charge in [-0.2, -0.15) is 0 Å². The number of nitrogens with zero attached hydrogens (tertiary/aromatic N) is 2. The molecule has 1 heterocycles. The molecule has 0 spiro atoms. The number of hydrogen-bond acceptors (Lipinski definition) is 3. The van der Waals surface area contributed by atoms with Crippen LogP contribution in [0.1, 0.15) is 27.7 Å². The second-order valence-electron chi connectivity index (χ2n) is 5.20. The minimum absolute atomic E-state index is 0.760. The van der Waals surface area contributed by atoms with E-state index in [2.05, 4.69) is 42.3 Å². The molecule has 0 bridgehead atoms. The molecule has 0 atom stereocenters. The summed E-state index contributed by atoms with van der Waals surface area (Å²) in [5, 5.41) is 3.45. The van der Waals surface area contributed by atoms with Gasteiger partial charge in [-0.05, 0) is 24.9 Å². The summed E-state index contributed by atoms with van der Waals surface area (Å²) in [4.78, 5) is 0. The predicted octanol–water partition coefficient (Wildman–Crippen LogP) is -0.695. The smallest absolute Gasteiger partial charge is 0.270 e. The topological polar surface area (TPSA) is 18.5 Å².